The fraction of sp³-hybridized carbons (Fsp3) is 0.188. The van der Waals surface area contributed by atoms with Crippen LogP contribution in [0, 0.1) is 11.2 Å². The maximum absolute atomic E-state index is 13.7. The van der Waals surface area contributed by atoms with Crippen molar-refractivity contribution in [3.63, 3.8) is 0 Å². The quantitative estimate of drug-likeness (QED) is 0.656. The summed E-state index contributed by atoms with van der Waals surface area (Å²) in [7, 11) is 3.92. The van der Waals surface area contributed by atoms with Gasteiger partial charge >= 0.3 is 0 Å². The van der Waals surface area contributed by atoms with Crippen LogP contribution in [0.4, 0.5) is 10.1 Å². The van der Waals surface area contributed by atoms with E-state index >= 15 is 0 Å². The number of ether oxygens (including phenoxy) is 1. The Hall–Kier alpha value is -2.27. The molecule has 118 valence electrons. The van der Waals surface area contributed by atoms with Crippen LogP contribution in [0.15, 0.2) is 42.5 Å². The number of nitrogens with two attached hydrogens (primary N) is 1. The molecule has 2 aromatic rings. The molecule has 0 aromatic heterocycles. The molecule has 0 fully saturated rings. The van der Waals surface area contributed by atoms with E-state index in [1.165, 1.54) is 12.1 Å². The fourth-order valence-corrected chi connectivity index (χ4v) is 1.97. The fourth-order valence-electron chi connectivity index (χ4n) is 1.97. The number of hydrogen-bond acceptors (Lipinski definition) is 3. The average molecular weight is 324 g/mol. The molecule has 3 N–H and O–H groups in total. The molecule has 0 radical (unpaired) electrons. The summed E-state index contributed by atoms with van der Waals surface area (Å²) in [6, 6.07) is 12.3. The smallest absolute Gasteiger partial charge is 0.137 e. The number of nitrogen functional groups attached to an aromatic ring is 1. The van der Waals surface area contributed by atoms with Crippen molar-refractivity contribution in [1.29, 1.82) is 5.41 Å². The van der Waals surface area contributed by atoms with Crippen molar-refractivity contribution < 1.29 is 9.13 Å². The van der Waals surface area contributed by atoms with E-state index in [1.54, 1.807) is 6.07 Å². The number of amidine groups is 1. The second-order valence-electron chi connectivity index (χ2n) is 4.88. The van der Waals surface area contributed by atoms with E-state index in [0.717, 1.165) is 11.3 Å². The summed E-state index contributed by atoms with van der Waals surface area (Å²) < 4.78 is 19.3. The van der Waals surface area contributed by atoms with Crippen LogP contribution >= 0.6 is 12.4 Å². The summed E-state index contributed by atoms with van der Waals surface area (Å²) in [5.74, 6) is -0.620. The molecule has 0 saturated heterocycles. The lowest BCUT2D eigenvalue weighted by Gasteiger charge is -2.15. The number of halogens is 2. The second-order valence-corrected chi connectivity index (χ2v) is 4.88. The molecule has 2 rings (SSSR count). The van der Waals surface area contributed by atoms with Gasteiger partial charge in [-0.2, -0.15) is 0 Å². The maximum atomic E-state index is 13.7. The van der Waals surface area contributed by atoms with Gasteiger partial charge in [0.25, 0.3) is 0 Å². The van der Waals surface area contributed by atoms with Gasteiger partial charge in [-0.25, -0.2) is 4.39 Å². The van der Waals surface area contributed by atoms with Crippen molar-refractivity contribution in [2.75, 3.05) is 19.0 Å². The summed E-state index contributed by atoms with van der Waals surface area (Å²) in [6.07, 6.45) is 0. The molecule has 0 spiro atoms. The molecule has 2 aromatic carbocycles. The predicted octanol–water partition coefficient (Wildman–Crippen LogP) is 3.18. The van der Waals surface area contributed by atoms with Crippen LogP contribution < -0.4 is 15.4 Å². The number of rotatable bonds is 5. The predicted molar refractivity (Wildman–Crippen MR) is 89.8 cm³/mol. The van der Waals surface area contributed by atoms with Crippen LogP contribution in [0.25, 0.3) is 0 Å². The second kappa shape index (κ2) is 7.66. The number of nitrogens with zero attached hydrogens (tertiary/aromatic N) is 1. The molecule has 4 nitrogen and oxygen atoms in total. The highest BCUT2D eigenvalue weighted by Crippen LogP contribution is 2.22. The normalized spacial score (nSPS) is 9.77. The minimum Gasteiger partial charge on any atom is -0.488 e. The van der Waals surface area contributed by atoms with Crippen LogP contribution in [0.2, 0.25) is 0 Å². The van der Waals surface area contributed by atoms with Gasteiger partial charge in [-0.15, -0.1) is 12.4 Å². The highest BCUT2D eigenvalue weighted by molar-refractivity contribution is 5.97. The Kier molecular flexibility index (Phi) is 6.19. The molecular weight excluding hydrogens is 305 g/mol. The van der Waals surface area contributed by atoms with Gasteiger partial charge in [-0.05, 0) is 29.8 Å². The van der Waals surface area contributed by atoms with Crippen molar-refractivity contribution in [3.8, 4) is 5.75 Å². The first-order valence-corrected chi connectivity index (χ1v) is 6.51. The monoisotopic (exact) mass is 323 g/mol. The van der Waals surface area contributed by atoms with Gasteiger partial charge in [0.1, 0.15) is 24.0 Å². The highest BCUT2D eigenvalue weighted by Gasteiger charge is 2.12. The van der Waals surface area contributed by atoms with Crippen LogP contribution in [0.5, 0.6) is 5.75 Å². The zero-order valence-electron chi connectivity index (χ0n) is 12.5. The van der Waals surface area contributed by atoms with Gasteiger partial charge in [0.2, 0.25) is 0 Å². The van der Waals surface area contributed by atoms with Gasteiger partial charge in [-0.3, -0.25) is 5.41 Å². The molecule has 0 aliphatic carbocycles. The molecule has 0 unspecified atom stereocenters. The topological polar surface area (TPSA) is 62.3 Å². The molecular formula is C16H19ClFN3O. The third kappa shape index (κ3) is 4.11. The van der Waals surface area contributed by atoms with Crippen molar-refractivity contribution in [2.45, 2.75) is 6.61 Å². The molecule has 0 bridgehead atoms. The number of nitrogens with one attached hydrogen (secondary N) is 1. The van der Waals surface area contributed by atoms with E-state index in [9.17, 15) is 4.39 Å². The van der Waals surface area contributed by atoms with E-state index < -0.39 is 5.82 Å². The highest BCUT2D eigenvalue weighted by atomic mass is 35.5. The number of hydrogen-bond donors (Lipinski definition) is 2. The van der Waals surface area contributed by atoms with Crippen molar-refractivity contribution in [3.05, 3.63) is 59.4 Å². The van der Waals surface area contributed by atoms with E-state index in [0.29, 0.717) is 0 Å². The lowest BCUT2D eigenvalue weighted by molar-refractivity contribution is 0.304. The zero-order chi connectivity index (χ0) is 15.4. The Morgan fingerprint density at radius 3 is 2.55 bits per heavy atom. The summed E-state index contributed by atoms with van der Waals surface area (Å²) in [5, 5.41) is 7.44. The van der Waals surface area contributed by atoms with E-state index in [-0.39, 0.29) is 36.2 Å². The molecule has 0 amide bonds. The van der Waals surface area contributed by atoms with Crippen molar-refractivity contribution in [2.24, 2.45) is 5.73 Å². The van der Waals surface area contributed by atoms with Crippen LogP contribution in [0.1, 0.15) is 11.1 Å². The van der Waals surface area contributed by atoms with Crippen molar-refractivity contribution in [1.82, 2.24) is 0 Å². The summed E-state index contributed by atoms with van der Waals surface area (Å²) >= 11 is 0. The van der Waals surface area contributed by atoms with Crippen LogP contribution in [-0.4, -0.2) is 19.9 Å². The van der Waals surface area contributed by atoms with Crippen molar-refractivity contribution >= 4 is 23.9 Å². The molecule has 0 aliphatic rings. The van der Waals surface area contributed by atoms with E-state index in [1.807, 2.05) is 43.3 Å². The third-order valence-electron chi connectivity index (χ3n) is 3.07. The first kappa shape index (κ1) is 17.8. The first-order valence-electron chi connectivity index (χ1n) is 6.51. The number of anilines is 1. The van der Waals surface area contributed by atoms with Crippen LogP contribution in [0.3, 0.4) is 0 Å². The summed E-state index contributed by atoms with van der Waals surface area (Å²) in [4.78, 5) is 1.99. The Labute approximate surface area is 135 Å². The van der Waals surface area contributed by atoms with Crippen LogP contribution in [-0.2, 0) is 6.61 Å². The Morgan fingerprint density at radius 1 is 1.23 bits per heavy atom. The van der Waals surface area contributed by atoms with Gasteiger partial charge in [0.05, 0.1) is 5.56 Å². The average Bonchev–Trinajstić information content (AvgIpc) is 2.45. The van der Waals surface area contributed by atoms with Gasteiger partial charge in [0.15, 0.2) is 0 Å². The molecule has 6 heteroatoms. The number of benzene rings is 2. The third-order valence-corrected chi connectivity index (χ3v) is 3.07. The van der Waals surface area contributed by atoms with Gasteiger partial charge in [0, 0.05) is 19.8 Å². The molecule has 0 atom stereocenters. The molecule has 0 aliphatic heterocycles. The summed E-state index contributed by atoms with van der Waals surface area (Å²) in [6.45, 7) is 0.283. The largest absolute Gasteiger partial charge is 0.488 e. The lowest BCUT2D eigenvalue weighted by Crippen LogP contribution is -2.15. The first-order chi connectivity index (χ1) is 9.99. The Balaban J connectivity index is 0.00000242. The SMILES string of the molecule is CN(C)c1cccc(COc2cccc(F)c2C(=N)N)c1.Cl. The molecule has 0 saturated carbocycles. The van der Waals surface area contributed by atoms with E-state index in [2.05, 4.69) is 0 Å². The summed E-state index contributed by atoms with van der Waals surface area (Å²) in [5.41, 5.74) is 7.42. The lowest BCUT2D eigenvalue weighted by atomic mass is 10.1. The standard InChI is InChI=1S/C16H18FN3O.ClH/c1-20(2)12-6-3-5-11(9-12)10-21-14-8-4-7-13(17)15(14)16(18)19;/h3-9H,10H2,1-2H3,(H3,18,19);1H. The molecule has 22 heavy (non-hydrogen) atoms. The Morgan fingerprint density at radius 2 is 1.91 bits per heavy atom. The minimum absolute atomic E-state index is 0. The van der Waals surface area contributed by atoms with E-state index in [4.69, 9.17) is 15.9 Å². The maximum Gasteiger partial charge on any atom is 0.137 e. The molecule has 0 heterocycles. The van der Waals surface area contributed by atoms with Gasteiger partial charge < -0.3 is 15.4 Å². The van der Waals surface area contributed by atoms with Gasteiger partial charge in [-0.1, -0.05) is 18.2 Å². The Bertz CT molecular complexity index is 662. The zero-order valence-corrected chi connectivity index (χ0v) is 13.3. The minimum atomic E-state index is -0.554.